The van der Waals surface area contributed by atoms with Gasteiger partial charge in [-0.3, -0.25) is 4.98 Å². The highest BCUT2D eigenvalue weighted by atomic mass is 19.1. The van der Waals surface area contributed by atoms with Gasteiger partial charge in [0.05, 0.1) is 17.8 Å². The van der Waals surface area contributed by atoms with Gasteiger partial charge >= 0.3 is 5.97 Å². The second kappa shape index (κ2) is 5.48. The molecule has 98 valence electrons. The fraction of sp³-hybridized carbons (Fsp3) is 0.143. The average Bonchev–Trinajstić information content (AvgIpc) is 2.37. The first kappa shape index (κ1) is 13.0. The maximum Gasteiger partial charge on any atom is 0.338 e. The van der Waals surface area contributed by atoms with Crippen molar-refractivity contribution < 1.29 is 14.3 Å². The van der Waals surface area contributed by atoms with E-state index in [2.05, 4.69) is 10.3 Å². The van der Waals surface area contributed by atoms with Crippen molar-refractivity contribution in [3.05, 3.63) is 59.2 Å². The summed E-state index contributed by atoms with van der Waals surface area (Å²) >= 11 is 0. The van der Waals surface area contributed by atoms with Crippen LogP contribution in [0.4, 0.5) is 10.1 Å². The van der Waals surface area contributed by atoms with Gasteiger partial charge in [0.15, 0.2) is 0 Å². The molecule has 0 atom stereocenters. The van der Waals surface area contributed by atoms with Crippen LogP contribution in [-0.4, -0.2) is 16.1 Å². The first-order valence-electron chi connectivity index (χ1n) is 5.75. The van der Waals surface area contributed by atoms with Gasteiger partial charge in [-0.15, -0.1) is 0 Å². The number of pyridine rings is 1. The molecule has 19 heavy (non-hydrogen) atoms. The molecule has 2 N–H and O–H groups in total. The summed E-state index contributed by atoms with van der Waals surface area (Å²) in [5, 5.41) is 11.7. The van der Waals surface area contributed by atoms with E-state index in [1.807, 2.05) is 19.1 Å². The van der Waals surface area contributed by atoms with E-state index < -0.39 is 11.8 Å². The lowest BCUT2D eigenvalue weighted by Gasteiger charge is -2.08. The number of carbonyl (C=O) groups is 1. The molecular weight excluding hydrogens is 247 g/mol. The molecule has 5 heteroatoms. The maximum absolute atomic E-state index is 13.5. The fourth-order valence-corrected chi connectivity index (χ4v) is 1.69. The average molecular weight is 260 g/mol. The number of anilines is 1. The molecule has 2 rings (SSSR count). The van der Waals surface area contributed by atoms with Crippen LogP contribution in [0, 0.1) is 12.7 Å². The monoisotopic (exact) mass is 260 g/mol. The minimum Gasteiger partial charge on any atom is -0.478 e. The van der Waals surface area contributed by atoms with E-state index in [0.717, 1.165) is 11.3 Å². The Kier molecular flexibility index (Phi) is 3.75. The highest BCUT2D eigenvalue weighted by Gasteiger charge is 2.10. The number of hydrogen-bond acceptors (Lipinski definition) is 3. The molecule has 1 heterocycles. The van der Waals surface area contributed by atoms with Crippen molar-refractivity contribution in [1.29, 1.82) is 0 Å². The number of aromatic nitrogens is 1. The van der Waals surface area contributed by atoms with Crippen LogP contribution in [0.1, 0.15) is 21.6 Å². The lowest BCUT2D eigenvalue weighted by molar-refractivity contribution is 0.0692. The zero-order valence-corrected chi connectivity index (χ0v) is 10.4. The van der Waals surface area contributed by atoms with Crippen LogP contribution in [0.2, 0.25) is 0 Å². The predicted molar refractivity (Wildman–Crippen MR) is 69.7 cm³/mol. The normalized spacial score (nSPS) is 10.2. The zero-order valence-electron chi connectivity index (χ0n) is 10.4. The molecule has 2 aromatic rings. The summed E-state index contributed by atoms with van der Waals surface area (Å²) in [4.78, 5) is 14.9. The second-order valence-corrected chi connectivity index (χ2v) is 4.12. The summed E-state index contributed by atoms with van der Waals surface area (Å²) in [7, 11) is 0. The first-order valence-corrected chi connectivity index (χ1v) is 5.75. The lowest BCUT2D eigenvalue weighted by Crippen LogP contribution is -2.05. The van der Waals surface area contributed by atoms with Gasteiger partial charge in [0.25, 0.3) is 0 Å². The highest BCUT2D eigenvalue weighted by molar-refractivity contribution is 5.88. The van der Waals surface area contributed by atoms with E-state index in [1.165, 1.54) is 18.2 Å². The summed E-state index contributed by atoms with van der Waals surface area (Å²) in [6, 6.07) is 7.73. The standard InChI is InChI=1S/C14H13FN2O2/c1-9-3-2-6-16-13(9)8-17-10-4-5-11(14(18)19)12(15)7-10/h2-7,17H,8H2,1H3,(H,18,19). The number of hydrogen-bond donors (Lipinski definition) is 2. The summed E-state index contributed by atoms with van der Waals surface area (Å²) < 4.78 is 13.5. The SMILES string of the molecule is Cc1cccnc1CNc1ccc(C(=O)O)c(F)c1. The minimum absolute atomic E-state index is 0.334. The molecular formula is C14H13FN2O2. The van der Waals surface area contributed by atoms with Gasteiger partial charge in [-0.2, -0.15) is 0 Å². The molecule has 1 aromatic carbocycles. The van der Waals surface area contributed by atoms with Crippen LogP contribution < -0.4 is 5.32 Å². The maximum atomic E-state index is 13.5. The number of aryl methyl sites for hydroxylation is 1. The number of carboxylic acids is 1. The summed E-state index contributed by atoms with van der Waals surface area (Å²) in [5.41, 5.74) is 2.09. The van der Waals surface area contributed by atoms with E-state index in [4.69, 9.17) is 5.11 Å². The molecule has 0 aliphatic rings. The van der Waals surface area contributed by atoms with Gasteiger partial charge in [-0.1, -0.05) is 6.07 Å². The van der Waals surface area contributed by atoms with Gasteiger partial charge in [0, 0.05) is 11.9 Å². The van der Waals surface area contributed by atoms with Gasteiger partial charge in [0.2, 0.25) is 0 Å². The minimum atomic E-state index is -1.27. The number of nitrogens with zero attached hydrogens (tertiary/aromatic N) is 1. The van der Waals surface area contributed by atoms with Crippen LogP contribution in [0.25, 0.3) is 0 Å². The van der Waals surface area contributed by atoms with Gasteiger partial charge in [0.1, 0.15) is 5.82 Å². The van der Waals surface area contributed by atoms with Crippen LogP contribution in [0.5, 0.6) is 0 Å². The summed E-state index contributed by atoms with van der Waals surface area (Å²) in [5.74, 6) is -2.03. The molecule has 4 nitrogen and oxygen atoms in total. The van der Waals surface area contributed by atoms with Crippen LogP contribution in [0.3, 0.4) is 0 Å². The van der Waals surface area contributed by atoms with E-state index in [1.54, 1.807) is 6.20 Å². The lowest BCUT2D eigenvalue weighted by atomic mass is 10.2. The summed E-state index contributed by atoms with van der Waals surface area (Å²) in [6.45, 7) is 2.40. The number of carboxylic acid groups (broad SMARTS) is 1. The van der Waals surface area contributed by atoms with Crippen molar-refractivity contribution >= 4 is 11.7 Å². The summed E-state index contributed by atoms with van der Waals surface area (Å²) in [6.07, 6.45) is 1.69. The van der Waals surface area contributed by atoms with Gasteiger partial charge in [-0.25, -0.2) is 9.18 Å². The predicted octanol–water partition coefficient (Wildman–Crippen LogP) is 2.84. The quantitative estimate of drug-likeness (QED) is 0.887. The van der Waals surface area contributed by atoms with Crippen LogP contribution >= 0.6 is 0 Å². The number of aromatic carboxylic acids is 1. The number of rotatable bonds is 4. The molecule has 0 aliphatic carbocycles. The molecule has 0 spiro atoms. The van der Waals surface area contributed by atoms with Crippen LogP contribution in [0.15, 0.2) is 36.5 Å². The number of halogens is 1. The highest BCUT2D eigenvalue weighted by Crippen LogP contribution is 2.15. The zero-order chi connectivity index (χ0) is 13.8. The van der Waals surface area contributed by atoms with E-state index >= 15 is 0 Å². The molecule has 0 amide bonds. The van der Waals surface area contributed by atoms with Crippen molar-refractivity contribution in [3.8, 4) is 0 Å². The Bertz CT molecular complexity index is 614. The van der Waals surface area contributed by atoms with Gasteiger partial charge in [-0.05, 0) is 36.8 Å². The third-order valence-corrected chi connectivity index (χ3v) is 2.78. The Morgan fingerprint density at radius 1 is 1.42 bits per heavy atom. The van der Waals surface area contributed by atoms with E-state index in [0.29, 0.717) is 12.2 Å². The van der Waals surface area contributed by atoms with Crippen molar-refractivity contribution in [1.82, 2.24) is 4.98 Å². The first-order chi connectivity index (χ1) is 9.08. The Hall–Kier alpha value is -2.43. The van der Waals surface area contributed by atoms with E-state index in [9.17, 15) is 9.18 Å². The Labute approximate surface area is 109 Å². The largest absolute Gasteiger partial charge is 0.478 e. The molecule has 0 saturated heterocycles. The molecule has 0 radical (unpaired) electrons. The third kappa shape index (κ3) is 3.07. The molecule has 1 aromatic heterocycles. The number of nitrogens with one attached hydrogen (secondary N) is 1. The molecule has 0 unspecified atom stereocenters. The Morgan fingerprint density at radius 2 is 2.21 bits per heavy atom. The fourth-order valence-electron chi connectivity index (χ4n) is 1.69. The van der Waals surface area contributed by atoms with Crippen LogP contribution in [-0.2, 0) is 6.54 Å². The molecule has 0 fully saturated rings. The molecule has 0 aliphatic heterocycles. The second-order valence-electron chi connectivity index (χ2n) is 4.12. The van der Waals surface area contributed by atoms with Crippen molar-refractivity contribution in [2.45, 2.75) is 13.5 Å². The van der Waals surface area contributed by atoms with E-state index in [-0.39, 0.29) is 5.56 Å². The Balaban J connectivity index is 2.11. The van der Waals surface area contributed by atoms with Gasteiger partial charge < -0.3 is 10.4 Å². The molecule has 0 bridgehead atoms. The smallest absolute Gasteiger partial charge is 0.338 e. The van der Waals surface area contributed by atoms with Crippen molar-refractivity contribution in [2.24, 2.45) is 0 Å². The topological polar surface area (TPSA) is 62.2 Å². The van der Waals surface area contributed by atoms with Crippen molar-refractivity contribution in [2.75, 3.05) is 5.32 Å². The number of benzene rings is 1. The molecule has 0 saturated carbocycles. The third-order valence-electron chi connectivity index (χ3n) is 2.78. The Morgan fingerprint density at radius 3 is 2.84 bits per heavy atom. The van der Waals surface area contributed by atoms with Crippen molar-refractivity contribution in [3.63, 3.8) is 0 Å².